The zero-order valence-electron chi connectivity index (χ0n) is 9.59. The van der Waals surface area contributed by atoms with E-state index in [1.165, 1.54) is 0 Å². The fourth-order valence-corrected chi connectivity index (χ4v) is 1.66. The maximum Gasteiger partial charge on any atom is 0.146 e. The molecule has 1 aromatic heterocycles. The number of hydrogen-bond donors (Lipinski definition) is 2. The van der Waals surface area contributed by atoms with Gasteiger partial charge in [0.1, 0.15) is 5.76 Å². The first-order chi connectivity index (χ1) is 8.33. The molecular formula is C14H14N2O. The quantitative estimate of drug-likeness (QED) is 0.791. The first-order valence-corrected chi connectivity index (χ1v) is 5.39. The summed E-state index contributed by atoms with van der Waals surface area (Å²) < 4.78 is 0. The van der Waals surface area contributed by atoms with Crippen molar-refractivity contribution in [3.05, 3.63) is 66.0 Å². The van der Waals surface area contributed by atoms with E-state index >= 15 is 0 Å². The lowest BCUT2D eigenvalue weighted by Crippen LogP contribution is -2.07. The van der Waals surface area contributed by atoms with Gasteiger partial charge in [-0.1, -0.05) is 30.3 Å². The van der Waals surface area contributed by atoms with Crippen molar-refractivity contribution in [2.45, 2.75) is 0 Å². The molecule has 0 aliphatic heterocycles. The largest absolute Gasteiger partial charge is 0.505 e. The van der Waals surface area contributed by atoms with E-state index in [1.807, 2.05) is 30.3 Å². The van der Waals surface area contributed by atoms with Crippen LogP contribution < -0.4 is 5.32 Å². The lowest BCUT2D eigenvalue weighted by atomic mass is 10.1. The average molecular weight is 226 g/mol. The van der Waals surface area contributed by atoms with Crippen molar-refractivity contribution in [3.63, 3.8) is 0 Å². The molecule has 0 aliphatic carbocycles. The molecule has 2 rings (SSSR count). The lowest BCUT2D eigenvalue weighted by molar-refractivity contribution is 0.511. The zero-order chi connectivity index (χ0) is 12.1. The summed E-state index contributed by atoms with van der Waals surface area (Å²) in [6, 6.07) is 13.3. The Morgan fingerprint density at radius 2 is 1.65 bits per heavy atom. The number of pyridine rings is 1. The molecule has 0 unspecified atom stereocenters. The summed E-state index contributed by atoms with van der Waals surface area (Å²) in [7, 11) is 1.79. The normalized spacial score (nSPS) is 11.8. The Bertz CT molecular complexity index is 506. The van der Waals surface area contributed by atoms with Crippen LogP contribution in [0.5, 0.6) is 0 Å². The highest BCUT2D eigenvalue weighted by molar-refractivity contribution is 5.85. The third kappa shape index (κ3) is 2.45. The molecule has 0 saturated carbocycles. The van der Waals surface area contributed by atoms with Crippen LogP contribution in [0, 0.1) is 0 Å². The number of rotatable bonds is 3. The van der Waals surface area contributed by atoms with Gasteiger partial charge in [0.25, 0.3) is 0 Å². The minimum atomic E-state index is 0.223. The smallest absolute Gasteiger partial charge is 0.146 e. The Labute approximate surface area is 100 Å². The van der Waals surface area contributed by atoms with E-state index in [4.69, 9.17) is 0 Å². The van der Waals surface area contributed by atoms with Crippen LogP contribution in [0.2, 0.25) is 0 Å². The van der Waals surface area contributed by atoms with Crippen LogP contribution in [-0.2, 0) is 0 Å². The highest BCUT2D eigenvalue weighted by Crippen LogP contribution is 2.21. The van der Waals surface area contributed by atoms with E-state index in [1.54, 1.807) is 31.6 Å². The molecular weight excluding hydrogens is 212 g/mol. The molecule has 3 heteroatoms. The minimum absolute atomic E-state index is 0.223. The number of nitrogens with zero attached hydrogens (tertiary/aromatic N) is 1. The van der Waals surface area contributed by atoms with E-state index in [-0.39, 0.29) is 5.76 Å². The molecule has 17 heavy (non-hydrogen) atoms. The molecule has 86 valence electrons. The van der Waals surface area contributed by atoms with Crippen molar-refractivity contribution >= 4 is 11.5 Å². The van der Waals surface area contributed by atoms with Gasteiger partial charge >= 0.3 is 0 Å². The van der Waals surface area contributed by atoms with Crippen LogP contribution in [0.15, 0.2) is 54.9 Å². The Balaban J connectivity index is 2.48. The minimum Gasteiger partial charge on any atom is -0.505 e. The van der Waals surface area contributed by atoms with Gasteiger partial charge in [-0.15, -0.1) is 0 Å². The third-order valence-corrected chi connectivity index (χ3v) is 2.50. The molecule has 0 radical (unpaired) electrons. The molecule has 0 amide bonds. The van der Waals surface area contributed by atoms with Gasteiger partial charge < -0.3 is 10.4 Å². The van der Waals surface area contributed by atoms with Crippen LogP contribution in [0.3, 0.4) is 0 Å². The number of nitrogens with one attached hydrogen (secondary N) is 1. The van der Waals surface area contributed by atoms with Gasteiger partial charge in [-0.05, 0) is 12.1 Å². The van der Waals surface area contributed by atoms with Gasteiger partial charge in [0.15, 0.2) is 0 Å². The predicted molar refractivity (Wildman–Crippen MR) is 69.2 cm³/mol. The molecule has 0 saturated heterocycles. The standard InChI is InChI=1S/C14H14N2O/c1-15-13(11-5-3-2-4-6-11)14(17)12-7-9-16-10-8-12/h2-10,15,17H,1H3/b14-13-. The predicted octanol–water partition coefficient (Wildman–Crippen LogP) is 2.68. The lowest BCUT2D eigenvalue weighted by Gasteiger charge is -2.10. The summed E-state index contributed by atoms with van der Waals surface area (Å²) in [5.41, 5.74) is 2.40. The zero-order valence-corrected chi connectivity index (χ0v) is 9.59. The van der Waals surface area contributed by atoms with Crippen molar-refractivity contribution in [2.24, 2.45) is 0 Å². The number of aliphatic hydroxyl groups is 1. The summed E-state index contributed by atoms with van der Waals surface area (Å²) in [6.45, 7) is 0. The van der Waals surface area contributed by atoms with Crippen molar-refractivity contribution in [1.29, 1.82) is 0 Å². The molecule has 3 nitrogen and oxygen atoms in total. The van der Waals surface area contributed by atoms with Gasteiger partial charge in [0.2, 0.25) is 0 Å². The van der Waals surface area contributed by atoms with Crippen LogP contribution in [-0.4, -0.2) is 17.1 Å². The van der Waals surface area contributed by atoms with Crippen molar-refractivity contribution < 1.29 is 5.11 Å². The van der Waals surface area contributed by atoms with Gasteiger partial charge in [-0.3, -0.25) is 4.98 Å². The summed E-state index contributed by atoms with van der Waals surface area (Å²) >= 11 is 0. The van der Waals surface area contributed by atoms with Crippen molar-refractivity contribution in [3.8, 4) is 0 Å². The number of aromatic nitrogens is 1. The molecule has 2 N–H and O–H groups in total. The van der Waals surface area contributed by atoms with Crippen LogP contribution in [0.25, 0.3) is 11.5 Å². The highest BCUT2D eigenvalue weighted by atomic mass is 16.3. The van der Waals surface area contributed by atoms with Gasteiger partial charge in [0, 0.05) is 30.6 Å². The Hall–Kier alpha value is -2.29. The molecule has 0 bridgehead atoms. The second kappa shape index (κ2) is 5.16. The Kier molecular flexibility index (Phi) is 3.40. The first-order valence-electron chi connectivity index (χ1n) is 5.39. The van der Waals surface area contributed by atoms with Crippen LogP contribution in [0.1, 0.15) is 11.1 Å². The molecule has 1 aromatic carbocycles. The Morgan fingerprint density at radius 3 is 2.24 bits per heavy atom. The number of aliphatic hydroxyl groups excluding tert-OH is 1. The topological polar surface area (TPSA) is 45.1 Å². The Morgan fingerprint density at radius 1 is 1.00 bits per heavy atom. The number of benzene rings is 1. The molecule has 1 heterocycles. The maximum absolute atomic E-state index is 10.2. The second-order valence-corrected chi connectivity index (χ2v) is 3.58. The maximum atomic E-state index is 10.2. The fraction of sp³-hybridized carbons (Fsp3) is 0.0714. The van der Waals surface area contributed by atoms with Crippen LogP contribution >= 0.6 is 0 Å². The average Bonchev–Trinajstić information content (AvgIpc) is 2.42. The third-order valence-electron chi connectivity index (χ3n) is 2.50. The summed E-state index contributed by atoms with van der Waals surface area (Å²) in [5.74, 6) is 0.223. The highest BCUT2D eigenvalue weighted by Gasteiger charge is 2.08. The molecule has 0 spiro atoms. The van der Waals surface area contributed by atoms with Crippen molar-refractivity contribution in [2.75, 3.05) is 7.05 Å². The summed E-state index contributed by atoms with van der Waals surface area (Å²) in [6.07, 6.45) is 3.31. The number of hydrogen-bond acceptors (Lipinski definition) is 3. The van der Waals surface area contributed by atoms with E-state index in [9.17, 15) is 5.11 Å². The SMILES string of the molecule is CN/C(=C(\O)c1ccncc1)c1ccccc1. The van der Waals surface area contributed by atoms with Gasteiger partial charge in [-0.25, -0.2) is 0 Å². The van der Waals surface area contributed by atoms with Crippen LogP contribution in [0.4, 0.5) is 0 Å². The summed E-state index contributed by atoms with van der Waals surface area (Å²) in [5, 5.41) is 13.2. The van der Waals surface area contributed by atoms with Gasteiger partial charge in [-0.2, -0.15) is 0 Å². The molecule has 0 aliphatic rings. The van der Waals surface area contributed by atoms with Crippen molar-refractivity contribution in [1.82, 2.24) is 10.3 Å². The van der Waals surface area contributed by atoms with Gasteiger partial charge in [0.05, 0.1) is 5.70 Å². The van der Waals surface area contributed by atoms with E-state index in [2.05, 4.69) is 10.3 Å². The first kappa shape index (κ1) is 11.2. The summed E-state index contributed by atoms with van der Waals surface area (Å²) in [4.78, 5) is 3.93. The molecule has 0 atom stereocenters. The van der Waals surface area contributed by atoms with E-state index in [0.29, 0.717) is 5.70 Å². The second-order valence-electron chi connectivity index (χ2n) is 3.58. The van der Waals surface area contributed by atoms with E-state index in [0.717, 1.165) is 11.1 Å². The monoisotopic (exact) mass is 226 g/mol. The molecule has 2 aromatic rings. The fourth-order valence-electron chi connectivity index (χ4n) is 1.66. The molecule has 0 fully saturated rings. The van der Waals surface area contributed by atoms with E-state index < -0.39 is 0 Å².